The molecule has 0 aliphatic carbocycles. The summed E-state index contributed by atoms with van der Waals surface area (Å²) in [4.78, 5) is 28.6. The number of nitrogens with zero attached hydrogens (tertiary/aromatic N) is 3. The van der Waals surface area contributed by atoms with Crippen LogP contribution in [0.5, 0.6) is 0 Å². The lowest BCUT2D eigenvalue weighted by molar-refractivity contribution is 0.0689. The van der Waals surface area contributed by atoms with Crippen LogP contribution >= 0.6 is 11.8 Å². The van der Waals surface area contributed by atoms with Gasteiger partial charge >= 0.3 is 5.97 Å². The van der Waals surface area contributed by atoms with Gasteiger partial charge in [-0.2, -0.15) is 0 Å². The van der Waals surface area contributed by atoms with Crippen molar-refractivity contribution in [2.45, 2.75) is 10.4 Å². The van der Waals surface area contributed by atoms with Crippen LogP contribution in [0.25, 0.3) is 10.9 Å². The number of aromatic nitrogens is 1. The van der Waals surface area contributed by atoms with Crippen LogP contribution in [0.3, 0.4) is 0 Å². The van der Waals surface area contributed by atoms with Crippen LogP contribution in [0.4, 0.5) is 23.2 Å². The minimum atomic E-state index is -1.64. The highest BCUT2D eigenvalue weighted by atomic mass is 32.2. The number of carboxylic acids is 1. The number of carboxylic acid groups (broad SMARTS) is 1. The summed E-state index contributed by atoms with van der Waals surface area (Å²) in [5.74, 6) is -6.58. The van der Waals surface area contributed by atoms with E-state index in [4.69, 9.17) is 0 Å². The summed E-state index contributed by atoms with van der Waals surface area (Å²) < 4.78 is 58.3. The predicted molar refractivity (Wildman–Crippen MR) is 115 cm³/mol. The predicted octanol–water partition coefficient (Wildman–Crippen LogP) is 3.66. The van der Waals surface area contributed by atoms with Crippen LogP contribution in [0.1, 0.15) is 21.3 Å². The van der Waals surface area contributed by atoms with E-state index in [0.29, 0.717) is 26.2 Å². The van der Waals surface area contributed by atoms with E-state index in [2.05, 4.69) is 4.90 Å². The molecule has 1 fully saturated rings. The summed E-state index contributed by atoms with van der Waals surface area (Å²) in [7, 11) is 1.95. The molecule has 11 heteroatoms. The fourth-order valence-electron chi connectivity index (χ4n) is 4.26. The van der Waals surface area contributed by atoms with E-state index in [1.165, 1.54) is 10.6 Å². The number of piperazine rings is 1. The molecule has 0 amide bonds. The first kappa shape index (κ1) is 21.8. The van der Waals surface area contributed by atoms with Gasteiger partial charge in [0.2, 0.25) is 5.43 Å². The zero-order valence-corrected chi connectivity index (χ0v) is 18.1. The molecule has 172 valence electrons. The maximum Gasteiger partial charge on any atom is 0.342 e. The Bertz CT molecular complexity index is 1390. The van der Waals surface area contributed by atoms with Crippen LogP contribution in [0.2, 0.25) is 0 Å². The van der Waals surface area contributed by atoms with Crippen molar-refractivity contribution in [1.29, 1.82) is 0 Å². The minimum absolute atomic E-state index is 0.0464. The first-order valence-electron chi connectivity index (χ1n) is 10.1. The molecule has 0 saturated carbocycles. The fraction of sp³-hybridized carbons (Fsp3) is 0.273. The minimum Gasteiger partial charge on any atom is -0.477 e. The number of likely N-dealkylation sites (N-methyl/N-ethyl adjacent to an activating group) is 1. The van der Waals surface area contributed by atoms with E-state index in [1.807, 2.05) is 11.9 Å². The molecule has 6 nitrogen and oxygen atoms in total. The van der Waals surface area contributed by atoms with Gasteiger partial charge in [-0.05, 0) is 31.3 Å². The highest BCUT2D eigenvalue weighted by molar-refractivity contribution is 8.00. The van der Waals surface area contributed by atoms with Gasteiger partial charge in [-0.1, -0.05) is 11.8 Å². The average molecular weight is 479 g/mol. The normalized spacial score (nSPS) is 18.3. The van der Waals surface area contributed by atoms with Crippen molar-refractivity contribution in [3.05, 3.63) is 68.9 Å². The average Bonchev–Trinajstić information content (AvgIpc) is 2.76. The lowest BCUT2D eigenvalue weighted by Crippen LogP contribution is -2.44. The Morgan fingerprint density at radius 2 is 1.73 bits per heavy atom. The number of carbonyl (C=O) groups is 1. The van der Waals surface area contributed by atoms with Crippen molar-refractivity contribution < 1.29 is 27.5 Å². The Morgan fingerprint density at radius 3 is 2.39 bits per heavy atom. The second-order valence-corrected chi connectivity index (χ2v) is 9.10. The van der Waals surface area contributed by atoms with Gasteiger partial charge in [-0.3, -0.25) is 4.79 Å². The van der Waals surface area contributed by atoms with Crippen molar-refractivity contribution in [2.24, 2.45) is 0 Å². The summed E-state index contributed by atoms with van der Waals surface area (Å²) in [6.07, 6.45) is 0. The van der Waals surface area contributed by atoms with Gasteiger partial charge in [-0.15, -0.1) is 0 Å². The quantitative estimate of drug-likeness (QED) is 0.457. The van der Waals surface area contributed by atoms with Crippen molar-refractivity contribution in [1.82, 2.24) is 9.47 Å². The standard InChI is InChI=1S/C22H17F4N3O3S/c1-27-4-6-28(7-5-27)15-9-14-11(8-13(15)24)19(30)16(22(31)32)21-29(14)20(33-21)10-2-3-12(23)18(26)17(10)25/h2-3,8-9,20H,4-7H2,1H3,(H,31,32). The Balaban J connectivity index is 1.74. The lowest BCUT2D eigenvalue weighted by atomic mass is 10.1. The third kappa shape index (κ3) is 3.29. The molecular formula is C22H17F4N3O3S. The number of hydrogen-bond acceptors (Lipinski definition) is 5. The molecule has 1 saturated heterocycles. The highest BCUT2D eigenvalue weighted by Gasteiger charge is 2.38. The lowest BCUT2D eigenvalue weighted by Gasteiger charge is -2.37. The second-order valence-electron chi connectivity index (χ2n) is 8.03. The number of fused-ring (bicyclic) bond motifs is 3. The Hall–Kier alpha value is -3.05. The zero-order valence-electron chi connectivity index (χ0n) is 17.2. The number of anilines is 1. The number of benzene rings is 2. The van der Waals surface area contributed by atoms with Gasteiger partial charge in [0.25, 0.3) is 0 Å². The van der Waals surface area contributed by atoms with Crippen molar-refractivity contribution in [3.63, 3.8) is 0 Å². The number of rotatable bonds is 3. The first-order chi connectivity index (χ1) is 15.7. The van der Waals surface area contributed by atoms with Crippen LogP contribution in [0, 0.1) is 23.3 Å². The fourth-order valence-corrected chi connectivity index (χ4v) is 5.56. The maximum atomic E-state index is 15.0. The molecule has 0 radical (unpaired) electrons. The topological polar surface area (TPSA) is 65.8 Å². The molecule has 1 aromatic heterocycles. The zero-order chi connectivity index (χ0) is 23.6. The number of pyridine rings is 1. The Kier molecular flexibility index (Phi) is 5.13. The molecule has 3 aromatic rings. The summed E-state index contributed by atoms with van der Waals surface area (Å²) >= 11 is 0.850. The molecule has 1 unspecified atom stereocenters. The molecule has 33 heavy (non-hydrogen) atoms. The highest BCUT2D eigenvalue weighted by Crippen LogP contribution is 2.51. The monoisotopic (exact) mass is 479 g/mol. The second kappa shape index (κ2) is 7.77. The summed E-state index contributed by atoms with van der Waals surface area (Å²) in [6, 6.07) is 4.29. The van der Waals surface area contributed by atoms with Gasteiger partial charge in [0.1, 0.15) is 16.8 Å². The van der Waals surface area contributed by atoms with Crippen LogP contribution in [-0.2, 0) is 0 Å². The molecule has 3 heterocycles. The summed E-state index contributed by atoms with van der Waals surface area (Å²) in [5.41, 5.74) is -1.21. The van der Waals surface area contributed by atoms with E-state index in [9.17, 15) is 27.9 Å². The summed E-state index contributed by atoms with van der Waals surface area (Å²) in [6.45, 7) is 2.48. The first-order valence-corrected chi connectivity index (χ1v) is 11.0. The van der Waals surface area contributed by atoms with E-state index in [1.54, 1.807) is 0 Å². The molecule has 1 atom stereocenters. The van der Waals surface area contributed by atoms with E-state index in [0.717, 1.165) is 30.0 Å². The molecule has 5 rings (SSSR count). The van der Waals surface area contributed by atoms with E-state index < -0.39 is 45.6 Å². The Labute approximate surface area is 189 Å². The van der Waals surface area contributed by atoms with Crippen molar-refractivity contribution in [2.75, 3.05) is 38.1 Å². The maximum absolute atomic E-state index is 15.0. The number of thioether (sulfide) groups is 1. The van der Waals surface area contributed by atoms with Crippen molar-refractivity contribution in [3.8, 4) is 0 Å². The van der Waals surface area contributed by atoms with Gasteiger partial charge < -0.3 is 19.5 Å². The van der Waals surface area contributed by atoms with E-state index >= 15 is 4.39 Å². The molecule has 0 spiro atoms. The van der Waals surface area contributed by atoms with Gasteiger partial charge in [0, 0.05) is 37.1 Å². The molecule has 2 aliphatic rings. The van der Waals surface area contributed by atoms with Gasteiger partial charge in [0.15, 0.2) is 17.5 Å². The number of hydrogen-bond donors (Lipinski definition) is 1. The van der Waals surface area contributed by atoms with Crippen LogP contribution < -0.4 is 10.3 Å². The molecule has 2 aromatic carbocycles. The molecule has 1 N–H and O–H groups in total. The third-order valence-corrected chi connectivity index (χ3v) is 7.39. The van der Waals surface area contributed by atoms with Gasteiger partial charge in [-0.25, -0.2) is 22.4 Å². The smallest absolute Gasteiger partial charge is 0.342 e. The largest absolute Gasteiger partial charge is 0.477 e. The van der Waals surface area contributed by atoms with Crippen LogP contribution in [0.15, 0.2) is 34.1 Å². The third-order valence-electron chi connectivity index (χ3n) is 6.08. The molecule has 2 aliphatic heterocycles. The Morgan fingerprint density at radius 1 is 1.03 bits per heavy atom. The van der Waals surface area contributed by atoms with Gasteiger partial charge in [0.05, 0.1) is 16.2 Å². The van der Waals surface area contributed by atoms with Crippen LogP contribution in [-0.4, -0.2) is 53.8 Å². The molecule has 0 bridgehead atoms. The molecular weight excluding hydrogens is 462 g/mol. The number of aromatic carboxylic acids is 1. The van der Waals surface area contributed by atoms with Crippen molar-refractivity contribution >= 4 is 34.3 Å². The number of halogens is 4. The summed E-state index contributed by atoms with van der Waals surface area (Å²) in [5, 5.41) is 8.50. The van der Waals surface area contributed by atoms with E-state index in [-0.39, 0.29) is 27.2 Å². The SMILES string of the molecule is CN1CCN(c2cc3c(cc2F)c(=O)c(C(=O)O)c2n3C(c3ccc(F)c(F)c3F)S2)CC1.